The van der Waals surface area contributed by atoms with Crippen molar-refractivity contribution in [2.45, 2.75) is 26.2 Å². The van der Waals surface area contributed by atoms with Gasteiger partial charge in [-0.15, -0.1) is 0 Å². The average Bonchev–Trinajstić information content (AvgIpc) is 2.56. The number of rotatable bonds is 6. The van der Waals surface area contributed by atoms with Crippen molar-refractivity contribution in [3.05, 3.63) is 65.7 Å². The molecule has 0 aliphatic carbocycles. The van der Waals surface area contributed by atoms with Crippen molar-refractivity contribution in [1.29, 1.82) is 0 Å². The molecule has 3 N–H and O–H groups in total. The van der Waals surface area contributed by atoms with Gasteiger partial charge in [-0.05, 0) is 35.7 Å². The molecule has 0 saturated heterocycles. The van der Waals surface area contributed by atoms with E-state index in [9.17, 15) is 9.59 Å². The number of primary amides is 1. The summed E-state index contributed by atoms with van der Waals surface area (Å²) in [5, 5.41) is 2.93. The molecule has 2 aromatic carbocycles. The summed E-state index contributed by atoms with van der Waals surface area (Å²) in [5.41, 5.74) is 7.31. The van der Waals surface area contributed by atoms with Crippen LogP contribution in [0.3, 0.4) is 0 Å². The smallest absolute Gasteiger partial charge is 0.248 e. The monoisotopic (exact) mass is 310 g/mol. The number of hydrogen-bond donors (Lipinski definition) is 2. The van der Waals surface area contributed by atoms with Crippen molar-refractivity contribution >= 4 is 17.5 Å². The molecule has 4 heteroatoms. The van der Waals surface area contributed by atoms with Crippen LogP contribution in [0.15, 0.2) is 54.6 Å². The van der Waals surface area contributed by atoms with Crippen LogP contribution in [0.1, 0.15) is 42.1 Å². The van der Waals surface area contributed by atoms with Crippen molar-refractivity contribution < 1.29 is 9.59 Å². The maximum absolute atomic E-state index is 12.7. The van der Waals surface area contributed by atoms with Crippen molar-refractivity contribution in [1.82, 2.24) is 0 Å². The number of nitrogens with one attached hydrogen (secondary N) is 1. The second-order valence-electron chi connectivity index (χ2n) is 5.70. The van der Waals surface area contributed by atoms with Gasteiger partial charge in [0.15, 0.2) is 0 Å². The molecule has 0 spiro atoms. The van der Waals surface area contributed by atoms with Gasteiger partial charge in [0.1, 0.15) is 0 Å². The Bertz CT molecular complexity index is 666. The lowest BCUT2D eigenvalue weighted by Crippen LogP contribution is -2.26. The molecule has 2 atom stereocenters. The van der Waals surface area contributed by atoms with Gasteiger partial charge in [-0.25, -0.2) is 0 Å². The Morgan fingerprint density at radius 2 is 1.65 bits per heavy atom. The molecule has 2 amide bonds. The van der Waals surface area contributed by atoms with Gasteiger partial charge in [-0.1, -0.05) is 50.6 Å². The Kier molecular flexibility index (Phi) is 5.52. The lowest BCUT2D eigenvalue weighted by atomic mass is 9.85. The van der Waals surface area contributed by atoms with E-state index in [4.69, 9.17) is 5.73 Å². The van der Waals surface area contributed by atoms with Gasteiger partial charge in [-0.2, -0.15) is 0 Å². The molecule has 2 rings (SSSR count). The fourth-order valence-corrected chi connectivity index (χ4v) is 2.57. The topological polar surface area (TPSA) is 72.2 Å². The number of carbonyl (C=O) groups excluding carboxylic acids is 2. The normalized spacial score (nSPS) is 13.1. The van der Waals surface area contributed by atoms with Gasteiger partial charge in [0.2, 0.25) is 11.8 Å². The molecule has 0 fully saturated rings. The van der Waals surface area contributed by atoms with E-state index in [-0.39, 0.29) is 17.7 Å². The maximum atomic E-state index is 12.7. The number of anilines is 1. The third kappa shape index (κ3) is 4.19. The van der Waals surface area contributed by atoms with E-state index < -0.39 is 5.91 Å². The Morgan fingerprint density at radius 3 is 2.17 bits per heavy atom. The first kappa shape index (κ1) is 16.7. The highest BCUT2D eigenvalue weighted by atomic mass is 16.2. The number of nitrogens with two attached hydrogens (primary N) is 1. The molecule has 23 heavy (non-hydrogen) atoms. The van der Waals surface area contributed by atoms with Crippen molar-refractivity contribution in [3.63, 3.8) is 0 Å². The minimum absolute atomic E-state index is 0.0441. The third-order valence-corrected chi connectivity index (χ3v) is 4.09. The minimum Gasteiger partial charge on any atom is -0.366 e. The highest BCUT2D eigenvalue weighted by Gasteiger charge is 2.25. The largest absolute Gasteiger partial charge is 0.366 e. The van der Waals surface area contributed by atoms with Crippen molar-refractivity contribution in [2.75, 3.05) is 5.32 Å². The molecule has 0 radical (unpaired) electrons. The van der Waals surface area contributed by atoms with Gasteiger partial charge < -0.3 is 11.1 Å². The van der Waals surface area contributed by atoms with Crippen molar-refractivity contribution in [3.8, 4) is 0 Å². The molecule has 2 unspecified atom stereocenters. The summed E-state index contributed by atoms with van der Waals surface area (Å²) in [5.74, 6) is -0.513. The van der Waals surface area contributed by atoms with Crippen molar-refractivity contribution in [2.24, 2.45) is 11.7 Å². The van der Waals surface area contributed by atoms with E-state index in [2.05, 4.69) is 19.2 Å². The summed E-state index contributed by atoms with van der Waals surface area (Å²) in [6.07, 6.45) is 0.910. The SMILES string of the molecule is CCC(C)C(C(=O)Nc1ccc(C(N)=O)cc1)c1ccccc1. The number of hydrogen-bond acceptors (Lipinski definition) is 2. The van der Waals surface area contributed by atoms with Gasteiger partial charge in [0.05, 0.1) is 5.92 Å². The fourth-order valence-electron chi connectivity index (χ4n) is 2.57. The first-order chi connectivity index (χ1) is 11.0. The molecule has 120 valence electrons. The predicted molar refractivity (Wildman–Crippen MR) is 92.2 cm³/mol. The summed E-state index contributed by atoms with van der Waals surface area (Å²) >= 11 is 0. The predicted octanol–water partition coefficient (Wildman–Crippen LogP) is 3.55. The zero-order valence-corrected chi connectivity index (χ0v) is 13.5. The molecule has 0 heterocycles. The second-order valence-corrected chi connectivity index (χ2v) is 5.70. The van der Waals surface area contributed by atoms with Crippen LogP contribution in [-0.2, 0) is 4.79 Å². The van der Waals surface area contributed by atoms with Crippen LogP contribution < -0.4 is 11.1 Å². The summed E-state index contributed by atoms with van der Waals surface area (Å²) in [7, 11) is 0. The number of carbonyl (C=O) groups is 2. The summed E-state index contributed by atoms with van der Waals surface area (Å²) in [6.45, 7) is 4.16. The fraction of sp³-hybridized carbons (Fsp3) is 0.263. The lowest BCUT2D eigenvalue weighted by Gasteiger charge is -2.22. The first-order valence-corrected chi connectivity index (χ1v) is 7.78. The Hall–Kier alpha value is -2.62. The summed E-state index contributed by atoms with van der Waals surface area (Å²) in [4.78, 5) is 23.8. The zero-order valence-electron chi connectivity index (χ0n) is 13.5. The van der Waals surface area contributed by atoms with E-state index in [1.165, 1.54) is 0 Å². The van der Waals surface area contributed by atoms with Gasteiger partial charge >= 0.3 is 0 Å². The van der Waals surface area contributed by atoms with Crippen LogP contribution in [0, 0.1) is 5.92 Å². The maximum Gasteiger partial charge on any atom is 0.248 e. The molecule has 0 aliphatic heterocycles. The second kappa shape index (κ2) is 7.58. The molecule has 2 aromatic rings. The summed E-state index contributed by atoms with van der Waals surface area (Å²) < 4.78 is 0. The Balaban J connectivity index is 2.19. The standard InChI is InChI=1S/C19H22N2O2/c1-3-13(2)17(14-7-5-4-6-8-14)19(23)21-16-11-9-15(10-12-16)18(20)22/h4-13,17H,3H2,1-2H3,(H2,20,22)(H,21,23). The highest BCUT2D eigenvalue weighted by molar-refractivity contribution is 5.97. The van der Waals surface area contributed by atoms with E-state index >= 15 is 0 Å². The number of benzene rings is 2. The lowest BCUT2D eigenvalue weighted by molar-refractivity contribution is -0.118. The van der Waals surface area contributed by atoms with E-state index in [1.807, 2.05) is 30.3 Å². The molecule has 0 aliphatic rings. The van der Waals surface area contributed by atoms with Gasteiger partial charge in [0.25, 0.3) is 0 Å². The third-order valence-electron chi connectivity index (χ3n) is 4.09. The molecule has 0 saturated carbocycles. The highest BCUT2D eigenvalue weighted by Crippen LogP contribution is 2.28. The van der Waals surface area contributed by atoms with E-state index in [1.54, 1.807) is 24.3 Å². The van der Waals surface area contributed by atoms with Crippen LogP contribution in [0.4, 0.5) is 5.69 Å². The van der Waals surface area contributed by atoms with Crippen LogP contribution >= 0.6 is 0 Å². The van der Waals surface area contributed by atoms with Crippen LogP contribution in [0.25, 0.3) is 0 Å². The summed E-state index contributed by atoms with van der Waals surface area (Å²) in [6, 6.07) is 16.4. The average molecular weight is 310 g/mol. The molecule has 0 aromatic heterocycles. The molecular formula is C19H22N2O2. The van der Waals surface area contributed by atoms with E-state index in [0.717, 1.165) is 12.0 Å². The minimum atomic E-state index is -0.482. The zero-order chi connectivity index (χ0) is 16.8. The van der Waals surface area contributed by atoms with E-state index in [0.29, 0.717) is 11.3 Å². The Labute approximate surface area is 136 Å². The van der Waals surface area contributed by atoms with Gasteiger partial charge in [-0.3, -0.25) is 9.59 Å². The molecule has 4 nitrogen and oxygen atoms in total. The Morgan fingerprint density at radius 1 is 1.04 bits per heavy atom. The first-order valence-electron chi connectivity index (χ1n) is 7.78. The van der Waals surface area contributed by atoms with Crippen LogP contribution in [0.5, 0.6) is 0 Å². The van der Waals surface area contributed by atoms with Crippen LogP contribution in [0.2, 0.25) is 0 Å². The van der Waals surface area contributed by atoms with Gasteiger partial charge in [0, 0.05) is 11.3 Å². The van der Waals surface area contributed by atoms with Crippen LogP contribution in [-0.4, -0.2) is 11.8 Å². The number of amides is 2. The quantitative estimate of drug-likeness (QED) is 0.856. The molecule has 0 bridgehead atoms. The molecular weight excluding hydrogens is 288 g/mol.